The maximum Gasteiger partial charge on any atom is 0.159 e. The number of ether oxygens (including phenoxy) is 1. The lowest BCUT2D eigenvalue weighted by atomic mass is 10.2. The molecule has 1 aromatic heterocycles. The third kappa shape index (κ3) is 3.55. The molecule has 0 amide bonds. The molecule has 5 heteroatoms. The van der Waals surface area contributed by atoms with Crippen LogP contribution in [0.4, 0.5) is 5.82 Å². The van der Waals surface area contributed by atoms with E-state index in [1.807, 2.05) is 13.1 Å². The molecule has 0 spiro atoms. The Morgan fingerprint density at radius 1 is 1.44 bits per heavy atom. The first-order valence-electron chi connectivity index (χ1n) is 5.60. The Morgan fingerprint density at radius 2 is 2.19 bits per heavy atom. The van der Waals surface area contributed by atoms with Gasteiger partial charge in [0.2, 0.25) is 0 Å². The van der Waals surface area contributed by atoms with Crippen LogP contribution in [0.1, 0.15) is 39.1 Å². The highest BCUT2D eigenvalue weighted by molar-refractivity contribution is 14.1. The average molecular weight is 335 g/mol. The molecule has 90 valence electrons. The van der Waals surface area contributed by atoms with Crippen LogP contribution in [0, 0.1) is 3.57 Å². The maximum atomic E-state index is 5.59. The fraction of sp³-hybridized carbons (Fsp3) is 0.636. The highest BCUT2D eigenvalue weighted by Gasteiger charge is 2.14. The standard InChI is InChI=1S/C11H18IN3O/c1-4-9(16-6-3)11-14-7-8(12)10(15-11)13-5-2/h7,9H,4-6H2,1-3H3,(H,13,14,15). The lowest BCUT2D eigenvalue weighted by Gasteiger charge is -2.15. The molecular weight excluding hydrogens is 317 g/mol. The second kappa shape index (κ2) is 7.01. The van der Waals surface area contributed by atoms with Crippen LogP contribution in [0.2, 0.25) is 0 Å². The van der Waals surface area contributed by atoms with Gasteiger partial charge in [0, 0.05) is 19.3 Å². The van der Waals surface area contributed by atoms with Crippen LogP contribution in [-0.2, 0) is 4.74 Å². The van der Waals surface area contributed by atoms with Crippen molar-refractivity contribution in [3.8, 4) is 0 Å². The van der Waals surface area contributed by atoms with Gasteiger partial charge in [-0.2, -0.15) is 0 Å². The van der Waals surface area contributed by atoms with Crippen LogP contribution < -0.4 is 5.32 Å². The van der Waals surface area contributed by atoms with E-state index in [1.165, 1.54) is 0 Å². The van der Waals surface area contributed by atoms with Gasteiger partial charge >= 0.3 is 0 Å². The van der Waals surface area contributed by atoms with Crippen LogP contribution in [0.25, 0.3) is 0 Å². The summed E-state index contributed by atoms with van der Waals surface area (Å²) in [5.41, 5.74) is 0. The number of anilines is 1. The van der Waals surface area contributed by atoms with Crippen LogP contribution in [0.5, 0.6) is 0 Å². The van der Waals surface area contributed by atoms with E-state index in [4.69, 9.17) is 4.74 Å². The van der Waals surface area contributed by atoms with Gasteiger partial charge in [-0.3, -0.25) is 0 Å². The molecule has 1 atom stereocenters. The lowest BCUT2D eigenvalue weighted by Crippen LogP contribution is -2.11. The monoisotopic (exact) mass is 335 g/mol. The van der Waals surface area contributed by atoms with E-state index in [1.54, 1.807) is 0 Å². The zero-order valence-corrected chi connectivity index (χ0v) is 12.1. The molecular formula is C11H18IN3O. The van der Waals surface area contributed by atoms with Gasteiger partial charge in [0.25, 0.3) is 0 Å². The fourth-order valence-corrected chi connectivity index (χ4v) is 1.85. The number of hydrogen-bond acceptors (Lipinski definition) is 4. The van der Waals surface area contributed by atoms with Crippen LogP contribution in [0.3, 0.4) is 0 Å². The summed E-state index contributed by atoms with van der Waals surface area (Å²) in [6.45, 7) is 7.66. The number of rotatable bonds is 6. The first kappa shape index (κ1) is 13.6. The normalized spacial score (nSPS) is 12.5. The van der Waals surface area contributed by atoms with E-state index in [-0.39, 0.29) is 6.10 Å². The summed E-state index contributed by atoms with van der Waals surface area (Å²) in [5.74, 6) is 1.66. The summed E-state index contributed by atoms with van der Waals surface area (Å²) in [4.78, 5) is 8.82. The molecule has 1 heterocycles. The minimum absolute atomic E-state index is 0.000550. The average Bonchev–Trinajstić information content (AvgIpc) is 2.29. The van der Waals surface area contributed by atoms with Crippen molar-refractivity contribution in [1.29, 1.82) is 0 Å². The molecule has 16 heavy (non-hydrogen) atoms. The van der Waals surface area contributed by atoms with Gasteiger partial charge in [-0.25, -0.2) is 9.97 Å². The molecule has 1 unspecified atom stereocenters. The number of aromatic nitrogens is 2. The molecule has 0 aliphatic heterocycles. The molecule has 0 bridgehead atoms. The Balaban J connectivity index is 2.91. The van der Waals surface area contributed by atoms with Gasteiger partial charge in [0.1, 0.15) is 11.9 Å². The Kier molecular flexibility index (Phi) is 5.97. The van der Waals surface area contributed by atoms with Gasteiger partial charge in [-0.05, 0) is 42.9 Å². The van der Waals surface area contributed by atoms with Gasteiger partial charge in [0.15, 0.2) is 5.82 Å². The molecule has 4 nitrogen and oxygen atoms in total. The molecule has 1 rings (SSSR count). The van der Waals surface area contributed by atoms with E-state index in [2.05, 4.69) is 51.7 Å². The van der Waals surface area contributed by atoms with Crippen LogP contribution in [0.15, 0.2) is 6.20 Å². The maximum absolute atomic E-state index is 5.59. The van der Waals surface area contributed by atoms with Gasteiger partial charge in [0.05, 0.1) is 3.57 Å². The Bertz CT molecular complexity index is 333. The van der Waals surface area contributed by atoms with Crippen LogP contribution in [-0.4, -0.2) is 23.1 Å². The number of nitrogens with one attached hydrogen (secondary N) is 1. The van der Waals surface area contributed by atoms with E-state index >= 15 is 0 Å². The van der Waals surface area contributed by atoms with Crippen molar-refractivity contribution in [1.82, 2.24) is 9.97 Å². The number of halogens is 1. The molecule has 0 saturated carbocycles. The molecule has 0 aliphatic rings. The van der Waals surface area contributed by atoms with E-state index in [9.17, 15) is 0 Å². The smallest absolute Gasteiger partial charge is 0.159 e. The third-order valence-corrected chi connectivity index (χ3v) is 2.92. The molecule has 0 saturated heterocycles. The Labute approximate surface area is 110 Å². The van der Waals surface area contributed by atoms with Crippen molar-refractivity contribution < 1.29 is 4.74 Å². The minimum atomic E-state index is -0.000550. The fourth-order valence-electron chi connectivity index (χ4n) is 1.40. The van der Waals surface area contributed by atoms with Crippen molar-refractivity contribution >= 4 is 28.4 Å². The first-order valence-corrected chi connectivity index (χ1v) is 6.68. The van der Waals surface area contributed by atoms with E-state index in [0.717, 1.165) is 28.2 Å². The summed E-state index contributed by atoms with van der Waals surface area (Å²) in [5, 5.41) is 3.22. The molecule has 1 N–H and O–H groups in total. The summed E-state index contributed by atoms with van der Waals surface area (Å²) in [6.07, 6.45) is 2.72. The van der Waals surface area contributed by atoms with Crippen molar-refractivity contribution in [2.24, 2.45) is 0 Å². The Morgan fingerprint density at radius 3 is 2.75 bits per heavy atom. The topological polar surface area (TPSA) is 47.0 Å². The minimum Gasteiger partial charge on any atom is -0.371 e. The molecule has 0 aliphatic carbocycles. The SMILES string of the molecule is CCNc1nc(C(CC)OCC)ncc1I. The van der Waals surface area contributed by atoms with Crippen molar-refractivity contribution in [3.63, 3.8) is 0 Å². The molecule has 0 aromatic carbocycles. The zero-order valence-electron chi connectivity index (χ0n) is 9.96. The van der Waals surface area contributed by atoms with Gasteiger partial charge in [-0.15, -0.1) is 0 Å². The summed E-state index contributed by atoms with van der Waals surface area (Å²) < 4.78 is 6.63. The number of nitrogens with zero attached hydrogens (tertiary/aromatic N) is 2. The van der Waals surface area contributed by atoms with Crippen molar-refractivity contribution in [2.75, 3.05) is 18.5 Å². The van der Waals surface area contributed by atoms with E-state index < -0.39 is 0 Å². The summed E-state index contributed by atoms with van der Waals surface area (Å²) in [7, 11) is 0. The first-order chi connectivity index (χ1) is 7.72. The van der Waals surface area contributed by atoms with Gasteiger partial charge < -0.3 is 10.1 Å². The third-order valence-electron chi connectivity index (χ3n) is 2.13. The Hall–Kier alpha value is -0.430. The van der Waals surface area contributed by atoms with Crippen molar-refractivity contribution in [2.45, 2.75) is 33.3 Å². The second-order valence-corrected chi connectivity index (χ2v) is 4.47. The largest absolute Gasteiger partial charge is 0.371 e. The van der Waals surface area contributed by atoms with Crippen LogP contribution >= 0.6 is 22.6 Å². The highest BCUT2D eigenvalue weighted by atomic mass is 127. The van der Waals surface area contributed by atoms with Crippen molar-refractivity contribution in [3.05, 3.63) is 15.6 Å². The predicted octanol–water partition coefficient (Wildman–Crippen LogP) is 3.00. The summed E-state index contributed by atoms with van der Waals surface area (Å²) in [6, 6.07) is 0. The molecule has 0 radical (unpaired) electrons. The predicted molar refractivity (Wildman–Crippen MR) is 73.6 cm³/mol. The second-order valence-electron chi connectivity index (χ2n) is 3.31. The highest BCUT2D eigenvalue weighted by Crippen LogP contribution is 2.21. The molecule has 1 aromatic rings. The lowest BCUT2D eigenvalue weighted by molar-refractivity contribution is 0.0535. The summed E-state index contributed by atoms with van der Waals surface area (Å²) >= 11 is 2.23. The molecule has 0 fully saturated rings. The quantitative estimate of drug-likeness (QED) is 0.812. The number of hydrogen-bond donors (Lipinski definition) is 1. The van der Waals surface area contributed by atoms with E-state index in [0.29, 0.717) is 6.61 Å². The van der Waals surface area contributed by atoms with Gasteiger partial charge in [-0.1, -0.05) is 6.92 Å². The zero-order chi connectivity index (χ0) is 12.0.